The van der Waals surface area contributed by atoms with E-state index in [0.29, 0.717) is 29.7 Å². The average Bonchev–Trinajstić information content (AvgIpc) is 2.82. The third-order valence-electron chi connectivity index (χ3n) is 3.54. The Kier molecular flexibility index (Phi) is 5.10. The number of aromatic nitrogens is 2. The van der Waals surface area contributed by atoms with Gasteiger partial charge in [-0.2, -0.15) is 4.98 Å². The normalized spacial score (nSPS) is 22.2. The predicted octanol–water partition coefficient (Wildman–Crippen LogP) is 0.339. The molecule has 1 fully saturated rings. The summed E-state index contributed by atoms with van der Waals surface area (Å²) in [5.41, 5.74) is 6.19. The van der Waals surface area contributed by atoms with E-state index in [1.807, 2.05) is 0 Å². The number of nitrogens with zero attached hydrogens (tertiary/aromatic N) is 3. The fourth-order valence-corrected chi connectivity index (χ4v) is 3.50. The Bertz CT molecular complexity index is 652. The van der Waals surface area contributed by atoms with Crippen LogP contribution in [-0.4, -0.2) is 61.8 Å². The zero-order valence-electron chi connectivity index (χ0n) is 12.7. The maximum absolute atomic E-state index is 12.0. The number of sulfonamides is 1. The maximum Gasteiger partial charge on any atom is 0.222 e. The monoisotopic (exact) mass is 349 g/mol. The summed E-state index contributed by atoms with van der Waals surface area (Å²) in [6.45, 7) is 2.47. The second-order valence-electron chi connectivity index (χ2n) is 5.44. The molecule has 1 saturated heterocycles. The van der Waals surface area contributed by atoms with E-state index in [2.05, 4.69) is 15.3 Å². The van der Waals surface area contributed by atoms with Gasteiger partial charge < -0.3 is 15.8 Å². The van der Waals surface area contributed by atoms with Crippen molar-refractivity contribution in [3.63, 3.8) is 0 Å². The summed E-state index contributed by atoms with van der Waals surface area (Å²) in [6.07, 6.45) is 0. The van der Waals surface area contributed by atoms with E-state index in [-0.39, 0.29) is 23.7 Å². The highest BCUT2D eigenvalue weighted by Gasteiger charge is 2.33. The number of hydrogen-bond acceptors (Lipinski definition) is 7. The molecule has 0 spiro atoms. The minimum atomic E-state index is -3.31. The van der Waals surface area contributed by atoms with E-state index in [4.69, 9.17) is 22.1 Å². The molecule has 1 aromatic heterocycles. The number of nitrogens with two attached hydrogens (primary N) is 1. The van der Waals surface area contributed by atoms with Gasteiger partial charge in [0.15, 0.2) is 5.82 Å². The van der Waals surface area contributed by atoms with E-state index in [9.17, 15) is 8.42 Å². The Hall–Kier alpha value is -1.16. The molecule has 8 nitrogen and oxygen atoms in total. The molecule has 3 N–H and O–H groups in total. The van der Waals surface area contributed by atoms with E-state index < -0.39 is 10.0 Å². The van der Waals surface area contributed by atoms with Crippen molar-refractivity contribution < 1.29 is 13.2 Å². The van der Waals surface area contributed by atoms with Crippen LogP contribution < -0.4 is 11.1 Å². The average molecular weight is 350 g/mol. The minimum Gasteiger partial charge on any atom is -0.379 e. The van der Waals surface area contributed by atoms with E-state index in [1.165, 1.54) is 18.4 Å². The van der Waals surface area contributed by atoms with E-state index in [1.54, 1.807) is 6.92 Å². The lowest BCUT2D eigenvalue weighted by Crippen LogP contribution is -2.37. The van der Waals surface area contributed by atoms with Crippen LogP contribution in [-0.2, 0) is 14.8 Å². The van der Waals surface area contributed by atoms with Gasteiger partial charge in [0, 0.05) is 20.0 Å². The number of aryl methyl sites for hydroxylation is 1. The first-order chi connectivity index (χ1) is 10.2. The highest BCUT2D eigenvalue weighted by Crippen LogP contribution is 2.27. The fourth-order valence-electron chi connectivity index (χ4n) is 2.19. The Labute approximate surface area is 135 Å². The van der Waals surface area contributed by atoms with Gasteiger partial charge in [0.2, 0.25) is 16.0 Å². The van der Waals surface area contributed by atoms with Gasteiger partial charge in [-0.15, -0.1) is 0 Å². The fraction of sp³-hybridized carbons (Fsp3) is 0.667. The van der Waals surface area contributed by atoms with E-state index >= 15 is 0 Å². The molecule has 0 amide bonds. The molecule has 124 valence electrons. The van der Waals surface area contributed by atoms with Gasteiger partial charge in [-0.05, 0) is 6.92 Å². The van der Waals surface area contributed by atoms with Crippen LogP contribution in [0.4, 0.5) is 11.8 Å². The Balaban J connectivity index is 2.16. The van der Waals surface area contributed by atoms with Gasteiger partial charge in [-0.3, -0.25) is 0 Å². The predicted molar refractivity (Wildman–Crippen MR) is 85.4 cm³/mol. The quantitative estimate of drug-likeness (QED) is 0.788. The number of anilines is 2. The van der Waals surface area contributed by atoms with Crippen LogP contribution >= 0.6 is 11.6 Å². The Morgan fingerprint density at radius 3 is 2.73 bits per heavy atom. The van der Waals surface area contributed by atoms with Gasteiger partial charge in [0.25, 0.3) is 0 Å². The number of ether oxygens (including phenoxy) is 1. The first kappa shape index (κ1) is 17.2. The molecular formula is C12H20ClN5O3S. The molecule has 0 aromatic carbocycles. The maximum atomic E-state index is 12.0. The molecule has 10 heteroatoms. The van der Waals surface area contributed by atoms with Crippen molar-refractivity contribution in [2.45, 2.75) is 13.0 Å². The molecule has 0 unspecified atom stereocenters. The molecular weight excluding hydrogens is 330 g/mol. The van der Waals surface area contributed by atoms with Crippen molar-refractivity contribution in [2.24, 2.45) is 5.92 Å². The Morgan fingerprint density at radius 2 is 2.09 bits per heavy atom. The Morgan fingerprint density at radius 1 is 1.41 bits per heavy atom. The van der Waals surface area contributed by atoms with Crippen LogP contribution in [0.3, 0.4) is 0 Å². The van der Waals surface area contributed by atoms with Crippen LogP contribution in [0.2, 0.25) is 5.02 Å². The highest BCUT2D eigenvalue weighted by atomic mass is 35.5. The van der Waals surface area contributed by atoms with Crippen molar-refractivity contribution in [2.75, 3.05) is 44.1 Å². The van der Waals surface area contributed by atoms with Crippen LogP contribution in [0.1, 0.15) is 5.69 Å². The van der Waals surface area contributed by atoms with Crippen LogP contribution in [0, 0.1) is 12.8 Å². The number of rotatable bonds is 5. The summed E-state index contributed by atoms with van der Waals surface area (Å²) < 4.78 is 30.7. The largest absolute Gasteiger partial charge is 0.379 e. The van der Waals surface area contributed by atoms with Crippen molar-refractivity contribution in [1.82, 2.24) is 14.3 Å². The van der Waals surface area contributed by atoms with Gasteiger partial charge in [0.1, 0.15) is 5.02 Å². The van der Waals surface area contributed by atoms with Crippen LogP contribution in [0.25, 0.3) is 0 Å². The first-order valence-corrected chi connectivity index (χ1v) is 8.73. The molecule has 1 aliphatic rings. The molecule has 22 heavy (non-hydrogen) atoms. The summed E-state index contributed by atoms with van der Waals surface area (Å²) in [5, 5.41) is 3.50. The second-order valence-corrected chi connectivity index (χ2v) is 8.04. The summed E-state index contributed by atoms with van der Waals surface area (Å²) >= 11 is 6.16. The third kappa shape index (κ3) is 3.78. The first-order valence-electron chi connectivity index (χ1n) is 6.75. The molecule has 2 heterocycles. The highest BCUT2D eigenvalue weighted by molar-refractivity contribution is 7.89. The molecule has 2 atom stereocenters. The second kappa shape index (κ2) is 6.53. The number of halogens is 1. The minimum absolute atomic E-state index is 0.00513. The lowest BCUT2D eigenvalue weighted by atomic mass is 10.1. The van der Waals surface area contributed by atoms with Crippen LogP contribution in [0.5, 0.6) is 0 Å². The number of nitrogens with one attached hydrogen (secondary N) is 1. The number of nitrogen functional groups attached to an aromatic ring is 1. The smallest absolute Gasteiger partial charge is 0.222 e. The van der Waals surface area contributed by atoms with Gasteiger partial charge in [-0.25, -0.2) is 17.7 Å². The molecule has 0 radical (unpaired) electrons. The van der Waals surface area contributed by atoms with Gasteiger partial charge in [0.05, 0.1) is 30.7 Å². The van der Waals surface area contributed by atoms with Gasteiger partial charge >= 0.3 is 0 Å². The zero-order chi connectivity index (χ0) is 16.5. The third-order valence-corrected chi connectivity index (χ3v) is 5.95. The summed E-state index contributed by atoms with van der Waals surface area (Å²) in [5.74, 6) is 0.310. The molecule has 2 rings (SSSR count). The SMILES string of the molecule is Cc1nc(N)nc(N[C@@H]2COC[C@H]2CS(=O)(=O)N(C)C)c1Cl. The molecule has 0 saturated carbocycles. The van der Waals surface area contributed by atoms with Crippen molar-refractivity contribution >= 4 is 33.4 Å². The van der Waals surface area contributed by atoms with Crippen molar-refractivity contribution in [3.05, 3.63) is 10.7 Å². The van der Waals surface area contributed by atoms with Crippen molar-refractivity contribution in [3.8, 4) is 0 Å². The molecule has 0 aliphatic carbocycles. The zero-order valence-corrected chi connectivity index (χ0v) is 14.3. The standard InChI is InChI=1S/C12H20ClN5O3S/c1-7-10(13)11(17-12(14)15-7)16-9-5-21-4-8(9)6-22(19,20)18(2)3/h8-9H,4-6H2,1-3H3,(H3,14,15,16,17)/t8-,9+/m0/s1. The summed E-state index contributed by atoms with van der Waals surface area (Å²) in [7, 11) is -0.285. The lowest BCUT2D eigenvalue weighted by molar-refractivity contribution is 0.187. The van der Waals surface area contributed by atoms with E-state index in [0.717, 1.165) is 0 Å². The molecule has 0 bridgehead atoms. The number of hydrogen-bond donors (Lipinski definition) is 2. The van der Waals surface area contributed by atoms with Crippen molar-refractivity contribution in [1.29, 1.82) is 0 Å². The van der Waals surface area contributed by atoms with Gasteiger partial charge in [-0.1, -0.05) is 11.6 Å². The molecule has 1 aromatic rings. The van der Waals surface area contributed by atoms with Crippen LogP contribution in [0.15, 0.2) is 0 Å². The summed E-state index contributed by atoms with van der Waals surface area (Å²) in [6, 6.07) is -0.207. The lowest BCUT2D eigenvalue weighted by Gasteiger charge is -2.22. The topological polar surface area (TPSA) is 110 Å². The molecule has 1 aliphatic heterocycles. The summed E-state index contributed by atoms with van der Waals surface area (Å²) in [4.78, 5) is 8.04.